The summed E-state index contributed by atoms with van der Waals surface area (Å²) >= 11 is 0. The summed E-state index contributed by atoms with van der Waals surface area (Å²) < 4.78 is 0. The molecule has 1 aromatic carbocycles. The van der Waals surface area contributed by atoms with Crippen LogP contribution < -0.4 is 16.0 Å². The Morgan fingerprint density at radius 1 is 1.12 bits per heavy atom. The molecule has 1 fully saturated rings. The maximum Gasteiger partial charge on any atom is 0.226 e. The Labute approximate surface area is 149 Å². The Balaban J connectivity index is 1.82. The van der Waals surface area contributed by atoms with Crippen LogP contribution in [-0.2, 0) is 13.0 Å². The average molecular weight is 337 g/mol. The number of hydrogen-bond donors (Lipinski definition) is 2. The van der Waals surface area contributed by atoms with Gasteiger partial charge in [0.2, 0.25) is 5.95 Å². The van der Waals surface area contributed by atoms with Crippen molar-refractivity contribution in [3.8, 4) is 11.3 Å². The Bertz CT molecular complexity index is 740. The van der Waals surface area contributed by atoms with Crippen molar-refractivity contribution >= 4 is 11.6 Å². The Morgan fingerprint density at radius 2 is 1.96 bits per heavy atom. The lowest BCUT2D eigenvalue weighted by molar-refractivity contribution is 0.476. The summed E-state index contributed by atoms with van der Waals surface area (Å²) in [5.41, 5.74) is 11.3. The number of nitrogen functional groups attached to an aromatic ring is 1. The highest BCUT2D eigenvalue weighted by molar-refractivity contribution is 5.67. The van der Waals surface area contributed by atoms with Gasteiger partial charge in [-0.25, -0.2) is 9.97 Å². The summed E-state index contributed by atoms with van der Waals surface area (Å²) in [4.78, 5) is 12.4. The molecule has 0 spiro atoms. The molecule has 1 atom stereocenters. The summed E-state index contributed by atoms with van der Waals surface area (Å²) in [6, 6.07) is 8.59. The smallest absolute Gasteiger partial charge is 0.226 e. The number of fused-ring (bicyclic) bond motifs is 1. The van der Waals surface area contributed by atoms with Gasteiger partial charge in [0.05, 0.1) is 11.4 Å². The molecule has 5 nitrogen and oxygen atoms in total. The maximum absolute atomic E-state index is 5.88. The van der Waals surface area contributed by atoms with Crippen molar-refractivity contribution in [2.75, 3.05) is 23.7 Å². The van der Waals surface area contributed by atoms with E-state index < -0.39 is 0 Å². The van der Waals surface area contributed by atoms with Crippen LogP contribution in [0.4, 0.5) is 11.6 Å². The largest absolute Gasteiger partial charge is 0.399 e. The highest BCUT2D eigenvalue weighted by Gasteiger charge is 2.24. The number of benzene rings is 1. The number of nitrogens with two attached hydrogens (primary N) is 1. The highest BCUT2D eigenvalue weighted by atomic mass is 15.3. The number of piperidine rings is 1. The van der Waals surface area contributed by atoms with E-state index in [0.29, 0.717) is 6.04 Å². The predicted octanol–water partition coefficient (Wildman–Crippen LogP) is 3.14. The molecule has 0 amide bonds. The molecule has 2 aliphatic rings. The fourth-order valence-corrected chi connectivity index (χ4v) is 3.93. The zero-order chi connectivity index (χ0) is 17.2. The van der Waals surface area contributed by atoms with E-state index in [1.807, 2.05) is 12.1 Å². The molecule has 0 aliphatic carbocycles. The van der Waals surface area contributed by atoms with Crippen LogP contribution in [0.15, 0.2) is 24.3 Å². The fourth-order valence-electron chi connectivity index (χ4n) is 3.93. The van der Waals surface area contributed by atoms with E-state index >= 15 is 0 Å². The van der Waals surface area contributed by atoms with Crippen molar-refractivity contribution in [2.24, 2.45) is 0 Å². The molecular weight excluding hydrogens is 310 g/mol. The van der Waals surface area contributed by atoms with E-state index in [1.54, 1.807) is 0 Å². The molecule has 3 heterocycles. The summed E-state index contributed by atoms with van der Waals surface area (Å²) in [6.07, 6.45) is 5.89. The second-order valence-electron chi connectivity index (χ2n) is 7.24. The average Bonchev–Trinajstić information content (AvgIpc) is 2.87. The minimum Gasteiger partial charge on any atom is -0.399 e. The number of nitrogens with one attached hydrogen (secondary N) is 1. The van der Waals surface area contributed by atoms with E-state index in [-0.39, 0.29) is 0 Å². The SMILES string of the molecule is CC1CCCCN1c1nc2c(c(-c3ccc(N)cc3)n1)CCCNC2. The number of anilines is 2. The van der Waals surface area contributed by atoms with E-state index in [0.717, 1.165) is 61.1 Å². The first kappa shape index (κ1) is 16.3. The van der Waals surface area contributed by atoms with Gasteiger partial charge in [-0.3, -0.25) is 0 Å². The molecule has 4 rings (SSSR count). The molecule has 1 unspecified atom stereocenters. The van der Waals surface area contributed by atoms with Crippen molar-refractivity contribution in [1.82, 2.24) is 15.3 Å². The molecule has 2 aromatic rings. The summed E-state index contributed by atoms with van der Waals surface area (Å²) in [5.74, 6) is 0.890. The van der Waals surface area contributed by atoms with Crippen LogP contribution >= 0.6 is 0 Å². The van der Waals surface area contributed by atoms with Gasteiger partial charge >= 0.3 is 0 Å². The van der Waals surface area contributed by atoms with E-state index in [4.69, 9.17) is 15.7 Å². The third kappa shape index (κ3) is 3.33. The monoisotopic (exact) mass is 337 g/mol. The molecule has 0 radical (unpaired) electrons. The van der Waals surface area contributed by atoms with Gasteiger partial charge in [-0.2, -0.15) is 0 Å². The molecular formula is C20H27N5. The van der Waals surface area contributed by atoms with Crippen LogP contribution in [0.1, 0.15) is 43.9 Å². The van der Waals surface area contributed by atoms with Crippen LogP contribution in [0, 0.1) is 0 Å². The second kappa shape index (κ2) is 7.00. The third-order valence-corrected chi connectivity index (χ3v) is 5.40. The molecule has 2 aliphatic heterocycles. The van der Waals surface area contributed by atoms with E-state index in [2.05, 4.69) is 29.3 Å². The first-order chi connectivity index (χ1) is 12.2. The molecule has 132 valence electrons. The first-order valence-electron chi connectivity index (χ1n) is 9.45. The molecule has 1 saturated heterocycles. The second-order valence-corrected chi connectivity index (χ2v) is 7.24. The quantitative estimate of drug-likeness (QED) is 0.824. The zero-order valence-electron chi connectivity index (χ0n) is 15.0. The normalized spacial score (nSPS) is 20.8. The summed E-state index contributed by atoms with van der Waals surface area (Å²) in [7, 11) is 0. The van der Waals surface area contributed by atoms with Crippen LogP contribution in [-0.4, -0.2) is 29.1 Å². The molecule has 0 saturated carbocycles. The summed E-state index contributed by atoms with van der Waals surface area (Å²) in [5, 5.41) is 3.50. The minimum absolute atomic E-state index is 0.504. The van der Waals surface area contributed by atoms with E-state index in [1.165, 1.54) is 24.8 Å². The van der Waals surface area contributed by atoms with Crippen molar-refractivity contribution in [1.29, 1.82) is 0 Å². The number of hydrogen-bond acceptors (Lipinski definition) is 5. The standard InChI is InChI=1S/C20H27N5/c1-14-5-2-3-12-25(14)20-23-18-13-22-11-4-6-17(18)19(24-20)15-7-9-16(21)10-8-15/h7-10,14,22H,2-6,11-13,21H2,1H3. The van der Waals surface area contributed by atoms with Crippen LogP contribution in [0.3, 0.4) is 0 Å². The van der Waals surface area contributed by atoms with Crippen molar-refractivity contribution in [2.45, 2.75) is 51.6 Å². The molecule has 3 N–H and O–H groups in total. The number of nitrogens with zero attached hydrogens (tertiary/aromatic N) is 3. The van der Waals surface area contributed by atoms with Gasteiger partial charge in [-0.1, -0.05) is 12.1 Å². The van der Waals surface area contributed by atoms with Gasteiger partial charge in [-0.15, -0.1) is 0 Å². The third-order valence-electron chi connectivity index (χ3n) is 5.40. The lowest BCUT2D eigenvalue weighted by Crippen LogP contribution is -2.39. The Morgan fingerprint density at radius 3 is 2.76 bits per heavy atom. The molecule has 0 bridgehead atoms. The maximum atomic E-state index is 5.88. The zero-order valence-corrected chi connectivity index (χ0v) is 15.0. The Hall–Kier alpha value is -2.14. The fraction of sp³-hybridized carbons (Fsp3) is 0.500. The van der Waals surface area contributed by atoms with Crippen LogP contribution in [0.2, 0.25) is 0 Å². The van der Waals surface area contributed by atoms with Gasteiger partial charge in [0.25, 0.3) is 0 Å². The predicted molar refractivity (Wildman–Crippen MR) is 103 cm³/mol. The van der Waals surface area contributed by atoms with Crippen LogP contribution in [0.25, 0.3) is 11.3 Å². The molecule has 25 heavy (non-hydrogen) atoms. The topological polar surface area (TPSA) is 67.1 Å². The van der Waals surface area contributed by atoms with Gasteiger partial charge in [-0.05, 0) is 57.7 Å². The van der Waals surface area contributed by atoms with Crippen LogP contribution in [0.5, 0.6) is 0 Å². The van der Waals surface area contributed by atoms with E-state index in [9.17, 15) is 0 Å². The number of aromatic nitrogens is 2. The molecule has 1 aromatic heterocycles. The molecule has 5 heteroatoms. The van der Waals surface area contributed by atoms with Gasteiger partial charge < -0.3 is 16.0 Å². The van der Waals surface area contributed by atoms with Gasteiger partial charge in [0, 0.05) is 35.9 Å². The highest BCUT2D eigenvalue weighted by Crippen LogP contribution is 2.31. The van der Waals surface area contributed by atoms with Crippen molar-refractivity contribution in [3.05, 3.63) is 35.5 Å². The van der Waals surface area contributed by atoms with Crippen molar-refractivity contribution in [3.63, 3.8) is 0 Å². The lowest BCUT2D eigenvalue weighted by atomic mass is 10.0. The van der Waals surface area contributed by atoms with Gasteiger partial charge in [0.1, 0.15) is 0 Å². The Kier molecular flexibility index (Phi) is 4.57. The summed E-state index contributed by atoms with van der Waals surface area (Å²) in [6.45, 7) is 5.20. The number of rotatable bonds is 2. The lowest BCUT2D eigenvalue weighted by Gasteiger charge is -2.34. The van der Waals surface area contributed by atoms with Crippen molar-refractivity contribution < 1.29 is 0 Å². The first-order valence-corrected chi connectivity index (χ1v) is 9.45. The van der Waals surface area contributed by atoms with Gasteiger partial charge in [0.15, 0.2) is 0 Å². The minimum atomic E-state index is 0.504.